The second kappa shape index (κ2) is 8.64. The van der Waals surface area contributed by atoms with Crippen molar-refractivity contribution in [2.75, 3.05) is 11.9 Å². The van der Waals surface area contributed by atoms with Crippen molar-refractivity contribution in [3.05, 3.63) is 59.7 Å². The molecule has 0 heterocycles. The molecular weight excluding hydrogens is 322 g/mol. The number of ether oxygens (including phenoxy) is 1. The second-order valence-corrected chi connectivity index (χ2v) is 7.27. The van der Waals surface area contributed by atoms with E-state index < -0.39 is 16.0 Å². The Morgan fingerprint density at radius 1 is 1.17 bits per heavy atom. The van der Waals surface area contributed by atoms with Crippen LogP contribution in [0.2, 0.25) is 0 Å². The number of hydrogen-bond acceptors (Lipinski definition) is 3. The van der Waals surface area contributed by atoms with Gasteiger partial charge in [0.15, 0.2) is 0 Å². The van der Waals surface area contributed by atoms with Crippen molar-refractivity contribution >= 4 is 22.4 Å². The molecule has 4 nitrogen and oxygen atoms in total. The summed E-state index contributed by atoms with van der Waals surface area (Å²) in [4.78, 5) is 12.4. The van der Waals surface area contributed by atoms with Gasteiger partial charge in [0.25, 0.3) is 0 Å². The highest BCUT2D eigenvalue weighted by Gasteiger charge is 2.21. The summed E-state index contributed by atoms with van der Waals surface area (Å²) in [5.41, 5.74) is 2.58. The molecule has 2 aromatic carbocycles. The first-order valence-corrected chi connectivity index (χ1v) is 9.35. The first kappa shape index (κ1) is 18.2. The van der Waals surface area contributed by atoms with Gasteiger partial charge in [-0.1, -0.05) is 36.4 Å². The zero-order chi connectivity index (χ0) is 17.5. The van der Waals surface area contributed by atoms with Crippen LogP contribution >= 0.6 is 0 Å². The Kier molecular flexibility index (Phi) is 6.55. The van der Waals surface area contributed by atoms with Crippen LogP contribution in [0.15, 0.2) is 48.5 Å². The highest BCUT2D eigenvalue weighted by molar-refractivity contribution is 7.85. The minimum Gasteiger partial charge on any atom is -0.494 e. The van der Waals surface area contributed by atoms with Gasteiger partial charge < -0.3 is 10.1 Å². The molecule has 0 radical (unpaired) electrons. The number of hydrogen-bond donors (Lipinski definition) is 1. The predicted molar refractivity (Wildman–Crippen MR) is 98.7 cm³/mol. The van der Waals surface area contributed by atoms with Crippen LogP contribution in [0.5, 0.6) is 5.75 Å². The van der Waals surface area contributed by atoms with Crippen molar-refractivity contribution in [1.29, 1.82) is 0 Å². The van der Waals surface area contributed by atoms with E-state index in [1.165, 1.54) is 0 Å². The summed E-state index contributed by atoms with van der Waals surface area (Å²) in [5, 5.41) is 2.24. The Bertz CT molecular complexity index is 730. The number of benzene rings is 2. The van der Waals surface area contributed by atoms with Gasteiger partial charge in [-0.25, -0.2) is 0 Å². The molecule has 0 aliphatic rings. The molecule has 0 saturated carbocycles. The minimum absolute atomic E-state index is 0.239. The van der Waals surface area contributed by atoms with E-state index in [1.807, 2.05) is 62.4 Å². The summed E-state index contributed by atoms with van der Waals surface area (Å²) >= 11 is 0. The fraction of sp³-hybridized carbons (Fsp3) is 0.316. The van der Waals surface area contributed by atoms with E-state index in [9.17, 15) is 9.00 Å². The van der Waals surface area contributed by atoms with Crippen molar-refractivity contribution in [2.24, 2.45) is 0 Å². The van der Waals surface area contributed by atoms with Crippen LogP contribution in [0.25, 0.3) is 0 Å². The van der Waals surface area contributed by atoms with E-state index in [4.69, 9.17) is 4.74 Å². The topological polar surface area (TPSA) is 55.4 Å². The van der Waals surface area contributed by atoms with Gasteiger partial charge in [-0.2, -0.15) is 0 Å². The third kappa shape index (κ3) is 4.68. The average Bonchev–Trinajstić information content (AvgIpc) is 2.58. The largest absolute Gasteiger partial charge is 0.494 e. The zero-order valence-electron chi connectivity index (χ0n) is 14.2. The van der Waals surface area contributed by atoms with Gasteiger partial charge >= 0.3 is 0 Å². The zero-order valence-corrected chi connectivity index (χ0v) is 15.1. The van der Waals surface area contributed by atoms with Crippen molar-refractivity contribution in [1.82, 2.24) is 0 Å². The standard InChI is InChI=1S/C19H23NO3S/c1-4-23-18-12-8-6-10-16(18)13-24(22)15(3)19(21)20-17-11-7-5-9-14(17)2/h5-12,15H,4,13H2,1-3H3,(H,20,21)/t15-,24+/m1/s1. The molecule has 0 aliphatic carbocycles. The predicted octanol–water partition coefficient (Wildman–Crippen LogP) is 3.67. The van der Waals surface area contributed by atoms with Crippen molar-refractivity contribution in [3.8, 4) is 5.75 Å². The molecule has 0 saturated heterocycles. The van der Waals surface area contributed by atoms with E-state index in [-0.39, 0.29) is 5.91 Å². The van der Waals surface area contributed by atoms with Gasteiger partial charge in [0.05, 0.1) is 12.4 Å². The van der Waals surface area contributed by atoms with Gasteiger partial charge in [0.1, 0.15) is 11.0 Å². The summed E-state index contributed by atoms with van der Waals surface area (Å²) in [6.45, 7) is 6.07. The van der Waals surface area contributed by atoms with Crippen LogP contribution in [0.3, 0.4) is 0 Å². The Morgan fingerprint density at radius 2 is 1.83 bits per heavy atom. The molecule has 2 rings (SSSR count). The van der Waals surface area contributed by atoms with Crippen LogP contribution in [-0.2, 0) is 21.3 Å². The Labute approximate surface area is 145 Å². The molecule has 1 amide bonds. The number of nitrogens with one attached hydrogen (secondary N) is 1. The molecule has 0 fully saturated rings. The van der Waals surface area contributed by atoms with Crippen molar-refractivity contribution in [2.45, 2.75) is 31.8 Å². The molecule has 0 aromatic heterocycles. The van der Waals surface area contributed by atoms with Gasteiger partial charge in [0.2, 0.25) is 5.91 Å². The van der Waals surface area contributed by atoms with Crippen LogP contribution in [-0.4, -0.2) is 22.0 Å². The summed E-state index contributed by atoms with van der Waals surface area (Å²) in [5.74, 6) is 0.773. The third-order valence-electron chi connectivity index (χ3n) is 3.74. The summed E-state index contributed by atoms with van der Waals surface area (Å²) in [7, 11) is -1.33. The molecule has 0 bridgehead atoms. The summed E-state index contributed by atoms with van der Waals surface area (Å²) in [6, 6.07) is 15.0. The molecule has 24 heavy (non-hydrogen) atoms. The molecule has 0 aliphatic heterocycles. The monoisotopic (exact) mass is 345 g/mol. The SMILES string of the molecule is CCOc1ccccc1C[S@](=O)[C@H](C)C(=O)Nc1ccccc1C. The first-order chi connectivity index (χ1) is 11.5. The van der Waals surface area contributed by atoms with E-state index >= 15 is 0 Å². The average molecular weight is 345 g/mol. The molecular formula is C19H23NO3S. The quantitative estimate of drug-likeness (QED) is 0.833. The maximum atomic E-state index is 12.6. The Morgan fingerprint density at radius 3 is 2.54 bits per heavy atom. The van der Waals surface area contributed by atoms with Gasteiger partial charge in [-0.05, 0) is 38.5 Å². The number of aryl methyl sites for hydroxylation is 1. The molecule has 5 heteroatoms. The highest BCUT2D eigenvalue weighted by atomic mass is 32.2. The second-order valence-electron chi connectivity index (χ2n) is 5.51. The number of amides is 1. The molecule has 0 unspecified atom stereocenters. The Balaban J connectivity index is 2.04. The number of rotatable bonds is 7. The van der Waals surface area contributed by atoms with Crippen LogP contribution in [0.4, 0.5) is 5.69 Å². The summed E-state index contributed by atoms with van der Waals surface area (Å²) < 4.78 is 18.1. The van der Waals surface area contributed by atoms with Crippen molar-refractivity contribution in [3.63, 3.8) is 0 Å². The molecule has 2 aromatic rings. The maximum Gasteiger partial charge on any atom is 0.239 e. The first-order valence-electron chi connectivity index (χ1n) is 7.97. The lowest BCUT2D eigenvalue weighted by Gasteiger charge is -2.15. The number of para-hydroxylation sites is 2. The molecule has 0 spiro atoms. The van der Waals surface area contributed by atoms with Crippen LogP contribution < -0.4 is 10.1 Å². The van der Waals surface area contributed by atoms with Crippen molar-refractivity contribution < 1.29 is 13.7 Å². The molecule has 128 valence electrons. The normalized spacial score (nSPS) is 13.1. The van der Waals surface area contributed by atoms with Crippen LogP contribution in [0, 0.1) is 6.92 Å². The lowest BCUT2D eigenvalue weighted by molar-refractivity contribution is -0.115. The molecule has 1 N–H and O–H groups in total. The number of carbonyl (C=O) groups excluding carboxylic acids is 1. The van der Waals surface area contributed by atoms with E-state index in [2.05, 4.69) is 5.32 Å². The van der Waals surface area contributed by atoms with Crippen LogP contribution in [0.1, 0.15) is 25.0 Å². The van der Waals surface area contributed by atoms with E-state index in [1.54, 1.807) is 6.92 Å². The highest BCUT2D eigenvalue weighted by Crippen LogP contribution is 2.21. The lowest BCUT2D eigenvalue weighted by atomic mass is 10.2. The Hall–Kier alpha value is -2.14. The maximum absolute atomic E-state index is 12.6. The summed E-state index contributed by atoms with van der Waals surface area (Å²) in [6.07, 6.45) is 0. The molecule has 2 atom stereocenters. The number of anilines is 1. The third-order valence-corrected chi connectivity index (χ3v) is 5.33. The lowest BCUT2D eigenvalue weighted by Crippen LogP contribution is -2.30. The van der Waals surface area contributed by atoms with E-state index in [0.717, 1.165) is 22.6 Å². The van der Waals surface area contributed by atoms with Gasteiger partial charge in [0, 0.05) is 22.1 Å². The number of carbonyl (C=O) groups is 1. The fourth-order valence-electron chi connectivity index (χ4n) is 2.26. The minimum atomic E-state index is -1.33. The van der Waals surface area contributed by atoms with Gasteiger partial charge in [-0.15, -0.1) is 0 Å². The fourth-order valence-corrected chi connectivity index (χ4v) is 3.36. The van der Waals surface area contributed by atoms with Gasteiger partial charge in [-0.3, -0.25) is 9.00 Å². The smallest absolute Gasteiger partial charge is 0.239 e. The van der Waals surface area contributed by atoms with E-state index in [0.29, 0.717) is 12.4 Å².